The lowest BCUT2D eigenvalue weighted by Gasteiger charge is -2.12. The molecule has 0 atom stereocenters. The molecule has 0 amide bonds. The van der Waals surface area contributed by atoms with Crippen molar-refractivity contribution in [3.63, 3.8) is 0 Å². The molecule has 0 aliphatic carbocycles. The molecule has 0 saturated carbocycles. The van der Waals surface area contributed by atoms with Crippen molar-refractivity contribution in [2.45, 2.75) is 6.54 Å². The highest BCUT2D eigenvalue weighted by Crippen LogP contribution is 2.31. The molecule has 21 heavy (non-hydrogen) atoms. The van der Waals surface area contributed by atoms with Crippen molar-refractivity contribution in [3.8, 4) is 6.07 Å². The molecule has 0 aliphatic rings. The van der Waals surface area contributed by atoms with E-state index in [2.05, 4.69) is 37.2 Å². The van der Waals surface area contributed by atoms with Gasteiger partial charge in [0.1, 0.15) is 11.8 Å². The number of rotatable bonds is 4. The summed E-state index contributed by atoms with van der Waals surface area (Å²) in [6, 6.07) is 8.70. The normalized spacial score (nSPS) is 10.0. The van der Waals surface area contributed by atoms with Crippen molar-refractivity contribution in [1.29, 1.82) is 5.26 Å². The van der Waals surface area contributed by atoms with Gasteiger partial charge in [-0.05, 0) is 40.2 Å². The lowest BCUT2D eigenvalue weighted by molar-refractivity contribution is 0.0601. The summed E-state index contributed by atoms with van der Waals surface area (Å²) in [7, 11) is 1.33. The van der Waals surface area contributed by atoms with E-state index in [1.54, 1.807) is 18.2 Å². The molecule has 0 aliphatic heterocycles. The van der Waals surface area contributed by atoms with E-state index in [0.29, 0.717) is 28.0 Å². The zero-order valence-electron chi connectivity index (χ0n) is 10.9. The first-order valence-corrected chi connectivity index (χ1v) is 7.43. The fourth-order valence-corrected chi connectivity index (χ4v) is 3.10. The summed E-state index contributed by atoms with van der Waals surface area (Å²) >= 11 is 6.74. The Morgan fingerprint density at radius 3 is 2.81 bits per heavy atom. The minimum atomic E-state index is -0.448. The molecule has 5 nitrogen and oxygen atoms in total. The van der Waals surface area contributed by atoms with Crippen LogP contribution in [0.15, 0.2) is 37.6 Å². The molecule has 2 aromatic rings. The van der Waals surface area contributed by atoms with Gasteiger partial charge in [-0.25, -0.2) is 4.79 Å². The zero-order chi connectivity index (χ0) is 15.4. The van der Waals surface area contributed by atoms with Gasteiger partial charge in [0.15, 0.2) is 0 Å². The maximum atomic E-state index is 11.8. The lowest BCUT2D eigenvalue weighted by atomic mass is 10.2. The molecule has 1 heterocycles. The number of carbonyl (C=O) groups excluding carboxylic acids is 1. The third-order valence-electron chi connectivity index (χ3n) is 2.67. The molecule has 0 radical (unpaired) electrons. The van der Waals surface area contributed by atoms with Gasteiger partial charge in [-0.15, -0.1) is 0 Å². The Bertz CT molecular complexity index is 719. The first-order chi connectivity index (χ1) is 10.0. The van der Waals surface area contributed by atoms with Gasteiger partial charge in [-0.1, -0.05) is 15.9 Å². The Balaban J connectivity index is 2.26. The van der Waals surface area contributed by atoms with Crippen LogP contribution in [0.1, 0.15) is 21.9 Å². The molecular formula is C14H10Br2N2O3. The fraction of sp³-hybridized carbons (Fsp3) is 0.143. The molecule has 7 heteroatoms. The van der Waals surface area contributed by atoms with E-state index in [9.17, 15) is 4.79 Å². The average molecular weight is 414 g/mol. The van der Waals surface area contributed by atoms with Gasteiger partial charge in [0.2, 0.25) is 5.76 Å². The largest absolute Gasteiger partial charge is 0.465 e. The van der Waals surface area contributed by atoms with Crippen molar-refractivity contribution < 1.29 is 13.9 Å². The minimum Gasteiger partial charge on any atom is -0.465 e. The van der Waals surface area contributed by atoms with Crippen molar-refractivity contribution >= 4 is 43.5 Å². The minimum absolute atomic E-state index is 0.245. The summed E-state index contributed by atoms with van der Waals surface area (Å²) in [5, 5.41) is 11.8. The van der Waals surface area contributed by atoms with Crippen LogP contribution in [0.25, 0.3) is 0 Å². The maximum absolute atomic E-state index is 11.8. The van der Waals surface area contributed by atoms with Gasteiger partial charge in [0.05, 0.1) is 24.9 Å². The van der Waals surface area contributed by atoms with E-state index >= 15 is 0 Å². The number of benzene rings is 1. The Hall–Kier alpha value is -1.78. The van der Waals surface area contributed by atoms with Crippen molar-refractivity contribution in [3.05, 3.63) is 50.3 Å². The summed E-state index contributed by atoms with van der Waals surface area (Å²) < 4.78 is 11.5. The van der Waals surface area contributed by atoms with E-state index in [-0.39, 0.29) is 5.76 Å². The summed E-state index contributed by atoms with van der Waals surface area (Å²) in [4.78, 5) is 11.8. The predicted molar refractivity (Wildman–Crippen MR) is 83.9 cm³/mol. The molecule has 1 aromatic heterocycles. The van der Waals surface area contributed by atoms with Crippen LogP contribution in [-0.4, -0.2) is 13.1 Å². The van der Waals surface area contributed by atoms with Crippen LogP contribution < -0.4 is 5.32 Å². The van der Waals surface area contributed by atoms with Gasteiger partial charge < -0.3 is 14.5 Å². The second-order valence-electron chi connectivity index (χ2n) is 4.03. The molecule has 1 N–H and O–H groups in total. The van der Waals surface area contributed by atoms with Crippen LogP contribution in [0.2, 0.25) is 0 Å². The standard InChI is InChI=1S/C14H10Br2N2O3/c1-20-14(19)11-4-8(15)5-12(16)13(11)18-7-10-3-2-9(6-17)21-10/h2-5,18H,7H2,1H3. The van der Waals surface area contributed by atoms with Crippen molar-refractivity contribution in [1.82, 2.24) is 0 Å². The third kappa shape index (κ3) is 3.65. The van der Waals surface area contributed by atoms with Crippen molar-refractivity contribution in [2.75, 3.05) is 12.4 Å². The summed E-state index contributed by atoms with van der Waals surface area (Å²) in [6.45, 7) is 0.339. The second-order valence-corrected chi connectivity index (χ2v) is 5.80. The number of anilines is 1. The van der Waals surface area contributed by atoms with Gasteiger partial charge >= 0.3 is 5.97 Å². The van der Waals surface area contributed by atoms with Gasteiger partial charge in [-0.2, -0.15) is 5.26 Å². The Kier molecular flexibility index (Phi) is 5.04. The summed E-state index contributed by atoms with van der Waals surface area (Å²) in [6.07, 6.45) is 0. The average Bonchev–Trinajstić information content (AvgIpc) is 2.92. The van der Waals surface area contributed by atoms with Crippen LogP contribution in [0.5, 0.6) is 0 Å². The Morgan fingerprint density at radius 2 is 2.19 bits per heavy atom. The molecule has 108 valence electrons. The number of nitrogens with zero attached hydrogens (tertiary/aromatic N) is 1. The molecule has 0 bridgehead atoms. The van der Waals surface area contributed by atoms with E-state index in [1.807, 2.05) is 12.1 Å². The molecular weight excluding hydrogens is 404 g/mol. The molecule has 0 saturated heterocycles. The van der Waals surface area contributed by atoms with E-state index in [4.69, 9.17) is 14.4 Å². The monoisotopic (exact) mass is 412 g/mol. The zero-order valence-corrected chi connectivity index (χ0v) is 14.1. The molecule has 0 spiro atoms. The van der Waals surface area contributed by atoms with E-state index in [1.165, 1.54) is 7.11 Å². The number of nitrogens with one attached hydrogen (secondary N) is 1. The topological polar surface area (TPSA) is 75.3 Å². The first kappa shape index (κ1) is 15.6. The van der Waals surface area contributed by atoms with Crippen molar-refractivity contribution in [2.24, 2.45) is 0 Å². The van der Waals surface area contributed by atoms with E-state index < -0.39 is 5.97 Å². The van der Waals surface area contributed by atoms with Crippen LogP contribution in [0.4, 0.5) is 5.69 Å². The summed E-state index contributed by atoms with van der Waals surface area (Å²) in [5.74, 6) is 0.392. The fourth-order valence-electron chi connectivity index (χ4n) is 1.73. The van der Waals surface area contributed by atoms with E-state index in [0.717, 1.165) is 4.47 Å². The SMILES string of the molecule is COC(=O)c1cc(Br)cc(Br)c1NCc1ccc(C#N)o1. The third-order valence-corrected chi connectivity index (χ3v) is 3.75. The number of esters is 1. The second kappa shape index (κ2) is 6.78. The van der Waals surface area contributed by atoms with Crippen LogP contribution >= 0.6 is 31.9 Å². The Labute approximate surface area is 138 Å². The molecule has 1 aromatic carbocycles. The van der Waals surface area contributed by atoms with Crippen LogP contribution in [0, 0.1) is 11.3 Å². The predicted octanol–water partition coefficient (Wildman–Crippen LogP) is 4.07. The number of hydrogen-bond acceptors (Lipinski definition) is 5. The Morgan fingerprint density at radius 1 is 1.43 bits per heavy atom. The molecule has 2 rings (SSSR count). The van der Waals surface area contributed by atoms with Gasteiger partial charge in [-0.3, -0.25) is 0 Å². The number of ether oxygens (including phenoxy) is 1. The quantitative estimate of drug-likeness (QED) is 0.764. The maximum Gasteiger partial charge on any atom is 0.340 e. The van der Waals surface area contributed by atoms with Gasteiger partial charge in [0.25, 0.3) is 0 Å². The van der Waals surface area contributed by atoms with Crippen LogP contribution in [0.3, 0.4) is 0 Å². The number of furan rings is 1. The highest BCUT2D eigenvalue weighted by Gasteiger charge is 2.16. The molecule has 0 fully saturated rings. The van der Waals surface area contributed by atoms with Gasteiger partial charge in [0, 0.05) is 8.95 Å². The number of methoxy groups -OCH3 is 1. The first-order valence-electron chi connectivity index (χ1n) is 5.85. The number of nitriles is 1. The lowest BCUT2D eigenvalue weighted by Crippen LogP contribution is -2.09. The highest BCUT2D eigenvalue weighted by atomic mass is 79.9. The smallest absolute Gasteiger partial charge is 0.340 e. The number of carbonyl (C=O) groups is 1. The number of halogens is 2. The highest BCUT2D eigenvalue weighted by molar-refractivity contribution is 9.11. The molecule has 0 unspecified atom stereocenters. The summed E-state index contributed by atoms with van der Waals surface area (Å²) in [5.41, 5.74) is 0.991. The van der Waals surface area contributed by atoms with Crippen LogP contribution in [-0.2, 0) is 11.3 Å². The number of hydrogen-bond donors (Lipinski definition) is 1.